The lowest BCUT2D eigenvalue weighted by Gasteiger charge is -2.03. The summed E-state index contributed by atoms with van der Waals surface area (Å²) < 4.78 is 7.34. The third-order valence-corrected chi connectivity index (χ3v) is 3.68. The van der Waals surface area contributed by atoms with Crippen molar-refractivity contribution in [2.75, 3.05) is 0 Å². The maximum atomic E-state index is 12.3. The van der Waals surface area contributed by atoms with Crippen LogP contribution in [-0.4, -0.2) is 0 Å². The van der Waals surface area contributed by atoms with Crippen LogP contribution in [-0.2, 0) is 0 Å². The quantitative estimate of drug-likeness (QED) is 0.558. The number of para-hydroxylation sites is 1. The zero-order chi connectivity index (χ0) is 12.0. The maximum absolute atomic E-state index is 12.3. The molecule has 0 fully saturated rings. The summed E-state index contributed by atoms with van der Waals surface area (Å²) >= 11 is 6.77. The van der Waals surface area contributed by atoms with Crippen molar-refractivity contribution in [3.8, 4) is 0 Å². The van der Waals surface area contributed by atoms with Crippen molar-refractivity contribution in [1.29, 1.82) is 0 Å². The smallest absolute Gasteiger partial charge is 0.201 e. The summed E-state index contributed by atoms with van der Waals surface area (Å²) in [4.78, 5) is 12.3. The van der Waals surface area contributed by atoms with E-state index in [0.717, 1.165) is 8.95 Å². The van der Waals surface area contributed by atoms with Crippen molar-refractivity contribution in [1.82, 2.24) is 0 Å². The molecule has 84 valence electrons. The average Bonchev–Trinajstić information content (AvgIpc) is 2.28. The zero-order valence-electron chi connectivity index (χ0n) is 8.54. The number of fused-ring (bicyclic) bond motifs is 2. The normalized spacial score (nSPS) is 11.2. The molecule has 0 amide bonds. The molecule has 0 bridgehead atoms. The minimum absolute atomic E-state index is 0.0128. The average molecular weight is 354 g/mol. The second-order valence-electron chi connectivity index (χ2n) is 3.69. The Labute approximate surface area is 113 Å². The molecule has 0 unspecified atom stereocenters. The van der Waals surface area contributed by atoms with E-state index in [1.807, 2.05) is 18.2 Å². The fourth-order valence-corrected chi connectivity index (χ4v) is 3.21. The third-order valence-electron chi connectivity index (χ3n) is 2.60. The van der Waals surface area contributed by atoms with E-state index in [2.05, 4.69) is 31.9 Å². The summed E-state index contributed by atoms with van der Waals surface area (Å²) in [6.45, 7) is 0. The molecule has 0 N–H and O–H groups in total. The molecule has 4 heteroatoms. The van der Waals surface area contributed by atoms with E-state index in [-0.39, 0.29) is 5.43 Å². The van der Waals surface area contributed by atoms with Crippen LogP contribution in [0.2, 0.25) is 0 Å². The highest BCUT2D eigenvalue weighted by atomic mass is 79.9. The number of hydrogen-bond acceptors (Lipinski definition) is 2. The van der Waals surface area contributed by atoms with Gasteiger partial charge in [-0.3, -0.25) is 4.79 Å². The van der Waals surface area contributed by atoms with Crippen LogP contribution in [0.5, 0.6) is 0 Å². The fourth-order valence-electron chi connectivity index (χ4n) is 1.85. The molecule has 0 aliphatic heterocycles. The molecule has 1 aromatic heterocycles. The molecule has 0 aliphatic carbocycles. The van der Waals surface area contributed by atoms with E-state index < -0.39 is 0 Å². The Bertz CT molecular complexity index is 790. The molecular formula is C13H6Br2O2. The van der Waals surface area contributed by atoms with E-state index in [0.29, 0.717) is 21.9 Å². The second kappa shape index (κ2) is 3.96. The van der Waals surface area contributed by atoms with Crippen LogP contribution in [0.15, 0.2) is 54.6 Å². The molecule has 2 nitrogen and oxygen atoms in total. The predicted octanol–water partition coefficient (Wildman–Crippen LogP) is 4.47. The van der Waals surface area contributed by atoms with Gasteiger partial charge in [-0.2, -0.15) is 0 Å². The fraction of sp³-hybridized carbons (Fsp3) is 0. The zero-order valence-corrected chi connectivity index (χ0v) is 11.7. The SMILES string of the molecule is O=c1c2ccccc2oc2cc(Br)cc(Br)c12. The van der Waals surface area contributed by atoms with Gasteiger partial charge in [-0.1, -0.05) is 28.1 Å². The summed E-state index contributed by atoms with van der Waals surface area (Å²) in [6, 6.07) is 10.9. The van der Waals surface area contributed by atoms with Gasteiger partial charge in [-0.15, -0.1) is 0 Å². The first-order valence-electron chi connectivity index (χ1n) is 4.97. The van der Waals surface area contributed by atoms with Gasteiger partial charge in [0.15, 0.2) is 0 Å². The summed E-state index contributed by atoms with van der Waals surface area (Å²) in [7, 11) is 0. The summed E-state index contributed by atoms with van der Waals surface area (Å²) in [5.74, 6) is 0. The van der Waals surface area contributed by atoms with Gasteiger partial charge in [0.25, 0.3) is 0 Å². The highest BCUT2D eigenvalue weighted by molar-refractivity contribution is 9.11. The molecule has 2 aromatic carbocycles. The third kappa shape index (κ3) is 1.72. The lowest BCUT2D eigenvalue weighted by atomic mass is 10.1. The number of benzene rings is 2. The topological polar surface area (TPSA) is 30.2 Å². The minimum Gasteiger partial charge on any atom is -0.456 e. The first-order chi connectivity index (χ1) is 8.16. The van der Waals surface area contributed by atoms with Gasteiger partial charge in [0.05, 0.1) is 10.8 Å². The van der Waals surface area contributed by atoms with Gasteiger partial charge in [-0.05, 0) is 40.2 Å². The van der Waals surface area contributed by atoms with Gasteiger partial charge < -0.3 is 4.42 Å². The van der Waals surface area contributed by atoms with E-state index in [1.54, 1.807) is 18.2 Å². The van der Waals surface area contributed by atoms with E-state index in [9.17, 15) is 4.79 Å². The Morgan fingerprint density at radius 3 is 2.59 bits per heavy atom. The standard InChI is InChI=1S/C13H6Br2O2/c14-7-5-9(15)12-11(6-7)17-10-4-2-1-3-8(10)13(12)16/h1-6H. The molecular weight excluding hydrogens is 348 g/mol. The van der Waals surface area contributed by atoms with Crippen LogP contribution in [0, 0.1) is 0 Å². The predicted molar refractivity (Wildman–Crippen MR) is 75.4 cm³/mol. The highest BCUT2D eigenvalue weighted by Gasteiger charge is 2.10. The molecule has 0 saturated heterocycles. The van der Waals surface area contributed by atoms with Gasteiger partial charge >= 0.3 is 0 Å². The van der Waals surface area contributed by atoms with Crippen molar-refractivity contribution < 1.29 is 4.42 Å². The number of rotatable bonds is 0. The Balaban J connectivity index is 2.64. The van der Waals surface area contributed by atoms with Crippen LogP contribution < -0.4 is 5.43 Å². The molecule has 0 atom stereocenters. The lowest BCUT2D eigenvalue weighted by molar-refractivity contribution is 0.659. The van der Waals surface area contributed by atoms with Gasteiger partial charge in [0, 0.05) is 8.95 Å². The van der Waals surface area contributed by atoms with Crippen LogP contribution in [0.25, 0.3) is 21.9 Å². The molecule has 0 saturated carbocycles. The number of halogens is 2. The molecule has 0 radical (unpaired) electrons. The lowest BCUT2D eigenvalue weighted by Crippen LogP contribution is -2.02. The molecule has 0 spiro atoms. The van der Waals surface area contributed by atoms with Crippen LogP contribution in [0.1, 0.15) is 0 Å². The Morgan fingerprint density at radius 1 is 1.00 bits per heavy atom. The molecule has 1 heterocycles. The van der Waals surface area contributed by atoms with E-state index in [1.165, 1.54) is 0 Å². The second-order valence-corrected chi connectivity index (χ2v) is 5.46. The summed E-state index contributed by atoms with van der Waals surface area (Å²) in [5, 5.41) is 1.18. The van der Waals surface area contributed by atoms with Crippen LogP contribution in [0.4, 0.5) is 0 Å². The highest BCUT2D eigenvalue weighted by Crippen LogP contribution is 2.28. The van der Waals surface area contributed by atoms with Crippen molar-refractivity contribution in [2.45, 2.75) is 0 Å². The first kappa shape index (κ1) is 11.0. The Hall–Kier alpha value is -1.13. The molecule has 3 aromatic rings. The maximum Gasteiger partial charge on any atom is 0.201 e. The van der Waals surface area contributed by atoms with Gasteiger partial charge in [0.2, 0.25) is 5.43 Å². The van der Waals surface area contributed by atoms with Crippen molar-refractivity contribution >= 4 is 53.8 Å². The summed E-state index contributed by atoms with van der Waals surface area (Å²) in [5.41, 5.74) is 1.17. The van der Waals surface area contributed by atoms with E-state index in [4.69, 9.17) is 4.42 Å². The van der Waals surface area contributed by atoms with Crippen molar-refractivity contribution in [3.05, 3.63) is 55.6 Å². The summed E-state index contributed by atoms with van der Waals surface area (Å²) in [6.07, 6.45) is 0. The molecule has 3 rings (SSSR count). The Morgan fingerprint density at radius 2 is 1.76 bits per heavy atom. The molecule has 17 heavy (non-hydrogen) atoms. The van der Waals surface area contributed by atoms with Crippen molar-refractivity contribution in [3.63, 3.8) is 0 Å². The van der Waals surface area contributed by atoms with E-state index >= 15 is 0 Å². The van der Waals surface area contributed by atoms with Gasteiger partial charge in [-0.25, -0.2) is 0 Å². The van der Waals surface area contributed by atoms with Gasteiger partial charge in [0.1, 0.15) is 11.2 Å². The first-order valence-corrected chi connectivity index (χ1v) is 6.56. The largest absolute Gasteiger partial charge is 0.456 e. The van der Waals surface area contributed by atoms with Crippen LogP contribution >= 0.6 is 31.9 Å². The molecule has 0 aliphatic rings. The number of hydrogen-bond donors (Lipinski definition) is 0. The Kier molecular flexibility index (Phi) is 2.56. The minimum atomic E-state index is -0.0128. The monoisotopic (exact) mass is 352 g/mol. The van der Waals surface area contributed by atoms with Crippen molar-refractivity contribution in [2.24, 2.45) is 0 Å². The van der Waals surface area contributed by atoms with Crippen LogP contribution in [0.3, 0.4) is 0 Å².